The molecule has 0 saturated carbocycles. The second kappa shape index (κ2) is 4.99. The molecule has 0 aromatic carbocycles. The molecule has 0 atom stereocenters. The number of nitrogens with zero attached hydrogens (tertiary/aromatic N) is 2. The number of nitrogens with one attached hydrogen (secondary N) is 1. The molecule has 6 heteroatoms. The zero-order chi connectivity index (χ0) is 13.1. The number of carboxylic acid groups (broad SMARTS) is 1. The molecule has 1 heterocycles. The second-order valence-corrected chi connectivity index (χ2v) is 4.51. The van der Waals surface area contributed by atoms with E-state index in [1.54, 1.807) is 0 Å². The lowest BCUT2D eigenvalue weighted by atomic mass is 9.89. The van der Waals surface area contributed by atoms with E-state index in [2.05, 4.69) is 10.4 Å². The van der Waals surface area contributed by atoms with Gasteiger partial charge in [0.05, 0.1) is 11.9 Å². The summed E-state index contributed by atoms with van der Waals surface area (Å²) in [6, 6.07) is 0. The van der Waals surface area contributed by atoms with Crippen molar-refractivity contribution in [3.05, 3.63) is 12.4 Å². The van der Waals surface area contributed by atoms with Crippen LogP contribution in [0.15, 0.2) is 12.4 Å². The van der Waals surface area contributed by atoms with Crippen LogP contribution in [0, 0.1) is 5.41 Å². The Labute approximate surface area is 99.6 Å². The molecule has 0 aliphatic rings. The smallest absolute Gasteiger partial charge is 0.325 e. The van der Waals surface area contributed by atoms with Crippen LogP contribution in [0.3, 0.4) is 0 Å². The quantitative estimate of drug-likeness (QED) is 0.812. The summed E-state index contributed by atoms with van der Waals surface area (Å²) in [6.07, 6.45) is 3.66. The standard InChI is InChI=1S/C11H17N3O3/c1-4-11(2,3)10(17)13-8-5-12-14(6-8)7-9(15)16/h5-6H,4,7H2,1-3H3,(H,13,17)(H,15,16). The number of aliphatic carboxylic acids is 1. The number of hydrogen-bond acceptors (Lipinski definition) is 3. The Morgan fingerprint density at radius 1 is 1.53 bits per heavy atom. The number of rotatable bonds is 5. The van der Waals surface area contributed by atoms with Crippen molar-refractivity contribution in [3.8, 4) is 0 Å². The third-order valence-corrected chi connectivity index (χ3v) is 2.69. The number of carbonyl (C=O) groups is 2. The molecule has 0 bridgehead atoms. The van der Waals surface area contributed by atoms with Gasteiger partial charge < -0.3 is 10.4 Å². The van der Waals surface area contributed by atoms with Gasteiger partial charge in [-0.1, -0.05) is 20.8 Å². The largest absolute Gasteiger partial charge is 0.480 e. The van der Waals surface area contributed by atoms with Crippen molar-refractivity contribution < 1.29 is 14.7 Å². The average Bonchev–Trinajstić information content (AvgIpc) is 2.64. The average molecular weight is 239 g/mol. The minimum Gasteiger partial charge on any atom is -0.480 e. The van der Waals surface area contributed by atoms with E-state index in [9.17, 15) is 9.59 Å². The van der Waals surface area contributed by atoms with Gasteiger partial charge in [0, 0.05) is 11.6 Å². The first-order valence-electron chi connectivity index (χ1n) is 5.41. The highest BCUT2D eigenvalue weighted by Gasteiger charge is 2.25. The predicted molar refractivity (Wildman–Crippen MR) is 62.6 cm³/mol. The topological polar surface area (TPSA) is 84.2 Å². The van der Waals surface area contributed by atoms with Crippen LogP contribution in [0.2, 0.25) is 0 Å². The lowest BCUT2D eigenvalue weighted by Crippen LogP contribution is -2.29. The number of amides is 1. The molecule has 1 aromatic heterocycles. The summed E-state index contributed by atoms with van der Waals surface area (Å²) in [4.78, 5) is 22.3. The number of hydrogen-bond donors (Lipinski definition) is 2. The van der Waals surface area contributed by atoms with Crippen molar-refractivity contribution in [2.75, 3.05) is 5.32 Å². The maximum absolute atomic E-state index is 11.8. The van der Waals surface area contributed by atoms with Gasteiger partial charge in [-0.2, -0.15) is 5.10 Å². The van der Waals surface area contributed by atoms with E-state index in [0.29, 0.717) is 5.69 Å². The zero-order valence-electron chi connectivity index (χ0n) is 10.2. The molecule has 94 valence electrons. The number of carboxylic acids is 1. The van der Waals surface area contributed by atoms with Crippen LogP contribution in [0.1, 0.15) is 27.2 Å². The zero-order valence-corrected chi connectivity index (χ0v) is 10.2. The summed E-state index contributed by atoms with van der Waals surface area (Å²) in [5.41, 5.74) is 0.0623. The molecule has 1 amide bonds. The van der Waals surface area contributed by atoms with E-state index >= 15 is 0 Å². The minimum absolute atomic E-state index is 0.102. The third-order valence-electron chi connectivity index (χ3n) is 2.69. The Bertz CT molecular complexity index is 423. The van der Waals surface area contributed by atoms with Gasteiger partial charge >= 0.3 is 5.97 Å². The Hall–Kier alpha value is -1.85. The SMILES string of the molecule is CCC(C)(C)C(=O)Nc1cnn(CC(=O)O)c1. The maximum Gasteiger partial charge on any atom is 0.325 e. The van der Waals surface area contributed by atoms with E-state index in [1.807, 2.05) is 20.8 Å². The van der Waals surface area contributed by atoms with Crippen LogP contribution in [-0.2, 0) is 16.1 Å². The number of carbonyl (C=O) groups excluding carboxylic acids is 1. The van der Waals surface area contributed by atoms with Crippen LogP contribution >= 0.6 is 0 Å². The van der Waals surface area contributed by atoms with Gasteiger partial charge in [-0.05, 0) is 6.42 Å². The van der Waals surface area contributed by atoms with Crippen LogP contribution in [0.4, 0.5) is 5.69 Å². The first-order valence-corrected chi connectivity index (χ1v) is 5.41. The molecule has 0 saturated heterocycles. The van der Waals surface area contributed by atoms with Crippen molar-refractivity contribution in [2.24, 2.45) is 5.41 Å². The lowest BCUT2D eigenvalue weighted by molar-refractivity contribution is -0.137. The van der Waals surface area contributed by atoms with Crippen LogP contribution in [0.5, 0.6) is 0 Å². The highest BCUT2D eigenvalue weighted by atomic mass is 16.4. The van der Waals surface area contributed by atoms with E-state index in [1.165, 1.54) is 17.1 Å². The normalized spacial score (nSPS) is 11.2. The fourth-order valence-corrected chi connectivity index (χ4v) is 1.11. The van der Waals surface area contributed by atoms with Crippen LogP contribution in [0.25, 0.3) is 0 Å². The first kappa shape index (κ1) is 13.2. The summed E-state index contributed by atoms with van der Waals surface area (Å²) in [7, 11) is 0. The maximum atomic E-state index is 11.8. The molecule has 1 rings (SSSR count). The summed E-state index contributed by atoms with van der Waals surface area (Å²) < 4.78 is 1.26. The fourth-order valence-electron chi connectivity index (χ4n) is 1.11. The second-order valence-electron chi connectivity index (χ2n) is 4.51. The van der Waals surface area contributed by atoms with Gasteiger partial charge in [-0.25, -0.2) is 0 Å². The monoisotopic (exact) mass is 239 g/mol. The van der Waals surface area contributed by atoms with Gasteiger partial charge in [-0.15, -0.1) is 0 Å². The summed E-state index contributed by atoms with van der Waals surface area (Å²) >= 11 is 0. The summed E-state index contributed by atoms with van der Waals surface area (Å²) in [6.45, 7) is 5.43. The molecule has 0 spiro atoms. The summed E-state index contributed by atoms with van der Waals surface area (Å²) in [5.74, 6) is -1.07. The minimum atomic E-state index is -0.972. The predicted octanol–water partition coefficient (Wildman–Crippen LogP) is 1.34. The molecule has 1 aromatic rings. The molecule has 0 aliphatic carbocycles. The van der Waals surface area contributed by atoms with Crippen LogP contribution < -0.4 is 5.32 Å². The molecule has 6 nitrogen and oxygen atoms in total. The molecule has 0 aliphatic heterocycles. The molecule has 17 heavy (non-hydrogen) atoms. The van der Waals surface area contributed by atoms with Crippen LogP contribution in [-0.4, -0.2) is 26.8 Å². The van der Waals surface area contributed by atoms with Gasteiger partial charge in [-0.3, -0.25) is 14.3 Å². The van der Waals surface area contributed by atoms with E-state index in [4.69, 9.17) is 5.11 Å². The van der Waals surface area contributed by atoms with Crippen molar-refractivity contribution in [2.45, 2.75) is 33.7 Å². The van der Waals surface area contributed by atoms with Crippen molar-refractivity contribution in [3.63, 3.8) is 0 Å². The third kappa shape index (κ3) is 3.58. The van der Waals surface area contributed by atoms with Gasteiger partial charge in [0.2, 0.25) is 5.91 Å². The number of anilines is 1. The fraction of sp³-hybridized carbons (Fsp3) is 0.545. The van der Waals surface area contributed by atoms with Gasteiger partial charge in [0.25, 0.3) is 0 Å². The van der Waals surface area contributed by atoms with Gasteiger partial charge in [0.1, 0.15) is 6.54 Å². The first-order chi connectivity index (χ1) is 7.85. The highest BCUT2D eigenvalue weighted by molar-refractivity contribution is 5.94. The van der Waals surface area contributed by atoms with E-state index < -0.39 is 11.4 Å². The highest BCUT2D eigenvalue weighted by Crippen LogP contribution is 2.21. The van der Waals surface area contributed by atoms with Crippen molar-refractivity contribution in [1.29, 1.82) is 0 Å². The molecule has 0 radical (unpaired) electrons. The Morgan fingerprint density at radius 3 is 2.71 bits per heavy atom. The Balaban J connectivity index is 2.67. The molecular formula is C11H17N3O3. The van der Waals surface area contributed by atoms with Crippen molar-refractivity contribution >= 4 is 17.6 Å². The van der Waals surface area contributed by atoms with Crippen molar-refractivity contribution in [1.82, 2.24) is 9.78 Å². The molecule has 2 N–H and O–H groups in total. The molecule has 0 unspecified atom stereocenters. The lowest BCUT2D eigenvalue weighted by Gasteiger charge is -2.20. The van der Waals surface area contributed by atoms with E-state index in [0.717, 1.165) is 6.42 Å². The summed E-state index contributed by atoms with van der Waals surface area (Å²) in [5, 5.41) is 15.1. The van der Waals surface area contributed by atoms with E-state index in [-0.39, 0.29) is 12.5 Å². The number of aromatic nitrogens is 2. The van der Waals surface area contributed by atoms with Gasteiger partial charge in [0.15, 0.2) is 0 Å². The Kier molecular flexibility index (Phi) is 3.88. The molecular weight excluding hydrogens is 222 g/mol. The molecule has 0 fully saturated rings. The Morgan fingerprint density at radius 2 is 2.18 bits per heavy atom.